The van der Waals surface area contributed by atoms with Gasteiger partial charge in [0.2, 0.25) is 5.91 Å². The third-order valence-corrected chi connectivity index (χ3v) is 4.57. The number of benzene rings is 1. The van der Waals surface area contributed by atoms with E-state index in [1.54, 1.807) is 14.0 Å². The molecule has 1 amide bonds. The lowest BCUT2D eigenvalue weighted by Crippen LogP contribution is -2.40. The summed E-state index contributed by atoms with van der Waals surface area (Å²) in [7, 11) is 1.65. The minimum absolute atomic E-state index is 0.129. The molecule has 7 heteroatoms. The molecular weight excluding hydrogens is 334 g/mol. The first-order chi connectivity index (χ1) is 12.6. The van der Waals surface area contributed by atoms with Gasteiger partial charge in [-0.25, -0.2) is 0 Å². The topological polar surface area (TPSA) is 77.7 Å². The number of hydrogen-bond acceptors (Lipinski definition) is 6. The van der Waals surface area contributed by atoms with Crippen LogP contribution in [-0.2, 0) is 22.6 Å². The van der Waals surface area contributed by atoms with E-state index in [4.69, 9.17) is 14.0 Å². The van der Waals surface area contributed by atoms with Crippen LogP contribution >= 0.6 is 0 Å². The standard InChI is InChI=1S/C19H25N3O4/c1-14-20-18(26-21-14)13-25-16-8-10-22(11-9-16)19(23)7-6-15-4-3-5-17(12-15)24-2/h3-5,12,16H,6-11,13H2,1-2H3. The van der Waals surface area contributed by atoms with Gasteiger partial charge in [0.1, 0.15) is 12.4 Å². The molecule has 0 N–H and O–H groups in total. The number of methoxy groups -OCH3 is 1. The number of carbonyl (C=O) groups is 1. The van der Waals surface area contributed by atoms with Crippen LogP contribution in [0.1, 0.15) is 36.5 Å². The van der Waals surface area contributed by atoms with Crippen LogP contribution in [0.5, 0.6) is 5.75 Å². The normalized spacial score (nSPS) is 15.2. The fraction of sp³-hybridized carbons (Fsp3) is 0.526. The average molecular weight is 359 g/mol. The van der Waals surface area contributed by atoms with Crippen molar-refractivity contribution in [2.24, 2.45) is 0 Å². The maximum Gasteiger partial charge on any atom is 0.252 e. The second kappa shape index (κ2) is 8.80. The summed E-state index contributed by atoms with van der Waals surface area (Å²) in [4.78, 5) is 18.5. The van der Waals surface area contributed by atoms with Crippen molar-refractivity contribution in [1.82, 2.24) is 15.0 Å². The van der Waals surface area contributed by atoms with E-state index in [0.717, 1.165) is 43.7 Å². The molecule has 0 atom stereocenters. The fourth-order valence-electron chi connectivity index (χ4n) is 3.10. The van der Waals surface area contributed by atoms with E-state index in [2.05, 4.69) is 10.1 Å². The second-order valence-electron chi connectivity index (χ2n) is 6.48. The van der Waals surface area contributed by atoms with E-state index in [1.807, 2.05) is 29.2 Å². The Morgan fingerprint density at radius 1 is 1.35 bits per heavy atom. The Morgan fingerprint density at radius 2 is 2.15 bits per heavy atom. The zero-order chi connectivity index (χ0) is 18.4. The molecule has 0 saturated carbocycles. The third kappa shape index (κ3) is 5.05. The molecule has 1 aromatic carbocycles. The van der Waals surface area contributed by atoms with Crippen molar-refractivity contribution in [2.45, 2.75) is 45.3 Å². The Balaban J connectivity index is 1.39. The Hall–Kier alpha value is -2.41. The van der Waals surface area contributed by atoms with Gasteiger partial charge in [0, 0.05) is 19.5 Å². The van der Waals surface area contributed by atoms with E-state index in [-0.39, 0.29) is 12.0 Å². The molecule has 0 unspecified atom stereocenters. The van der Waals surface area contributed by atoms with Crippen molar-refractivity contribution < 1.29 is 18.8 Å². The van der Waals surface area contributed by atoms with Crippen molar-refractivity contribution in [1.29, 1.82) is 0 Å². The van der Waals surface area contributed by atoms with Crippen LogP contribution in [0.4, 0.5) is 0 Å². The monoisotopic (exact) mass is 359 g/mol. The van der Waals surface area contributed by atoms with Crippen LogP contribution in [-0.4, -0.2) is 47.3 Å². The molecule has 0 spiro atoms. The van der Waals surface area contributed by atoms with Gasteiger partial charge in [-0.3, -0.25) is 4.79 Å². The minimum Gasteiger partial charge on any atom is -0.497 e. The molecule has 2 heterocycles. The van der Waals surface area contributed by atoms with E-state index in [9.17, 15) is 4.79 Å². The first-order valence-corrected chi connectivity index (χ1v) is 8.95. The maximum absolute atomic E-state index is 12.4. The van der Waals surface area contributed by atoms with Crippen LogP contribution in [0.15, 0.2) is 28.8 Å². The maximum atomic E-state index is 12.4. The first-order valence-electron chi connectivity index (χ1n) is 8.95. The van der Waals surface area contributed by atoms with Gasteiger partial charge in [0.25, 0.3) is 5.89 Å². The van der Waals surface area contributed by atoms with Gasteiger partial charge in [0.05, 0.1) is 13.2 Å². The van der Waals surface area contributed by atoms with Crippen molar-refractivity contribution in [2.75, 3.05) is 20.2 Å². The molecule has 7 nitrogen and oxygen atoms in total. The fourth-order valence-corrected chi connectivity index (χ4v) is 3.10. The lowest BCUT2D eigenvalue weighted by Gasteiger charge is -2.31. The molecule has 1 saturated heterocycles. The molecular formula is C19H25N3O4. The van der Waals surface area contributed by atoms with Gasteiger partial charge < -0.3 is 18.9 Å². The Bertz CT molecular complexity index is 723. The van der Waals surface area contributed by atoms with E-state index >= 15 is 0 Å². The Morgan fingerprint density at radius 3 is 2.85 bits per heavy atom. The summed E-state index contributed by atoms with van der Waals surface area (Å²) < 4.78 is 16.1. The number of rotatable bonds is 7. The van der Waals surface area contributed by atoms with E-state index in [0.29, 0.717) is 24.7 Å². The van der Waals surface area contributed by atoms with Crippen LogP contribution in [0.2, 0.25) is 0 Å². The number of hydrogen-bond donors (Lipinski definition) is 0. The Labute approximate surface area is 153 Å². The van der Waals surface area contributed by atoms with Gasteiger partial charge in [-0.05, 0) is 43.9 Å². The highest BCUT2D eigenvalue weighted by Crippen LogP contribution is 2.18. The quantitative estimate of drug-likeness (QED) is 0.756. The number of nitrogens with zero attached hydrogens (tertiary/aromatic N) is 3. The summed E-state index contributed by atoms with van der Waals surface area (Å²) in [5.74, 6) is 2.13. The SMILES string of the molecule is COc1cccc(CCC(=O)N2CCC(OCc3nc(C)no3)CC2)c1. The number of ether oxygens (including phenoxy) is 2. The van der Waals surface area contributed by atoms with Crippen molar-refractivity contribution in [3.63, 3.8) is 0 Å². The predicted octanol–water partition coefficient (Wildman–Crippen LogP) is 2.53. The van der Waals surface area contributed by atoms with E-state index < -0.39 is 0 Å². The van der Waals surface area contributed by atoms with Gasteiger partial charge >= 0.3 is 0 Å². The number of piperidine rings is 1. The molecule has 0 radical (unpaired) electrons. The van der Waals surface area contributed by atoms with Gasteiger partial charge in [-0.2, -0.15) is 4.98 Å². The number of likely N-dealkylation sites (tertiary alicyclic amines) is 1. The lowest BCUT2D eigenvalue weighted by atomic mass is 10.1. The molecule has 0 bridgehead atoms. The predicted molar refractivity (Wildman–Crippen MR) is 94.7 cm³/mol. The largest absolute Gasteiger partial charge is 0.497 e. The summed E-state index contributed by atoms with van der Waals surface area (Å²) >= 11 is 0. The van der Waals surface area contributed by atoms with Crippen LogP contribution < -0.4 is 4.74 Å². The molecule has 0 aliphatic carbocycles. The molecule has 2 aromatic rings. The smallest absolute Gasteiger partial charge is 0.252 e. The Kier molecular flexibility index (Phi) is 6.22. The van der Waals surface area contributed by atoms with Crippen molar-refractivity contribution in [3.05, 3.63) is 41.5 Å². The molecule has 1 aliphatic rings. The van der Waals surface area contributed by atoms with Gasteiger partial charge in [0.15, 0.2) is 5.82 Å². The van der Waals surface area contributed by atoms with Crippen molar-refractivity contribution in [3.8, 4) is 5.75 Å². The number of aromatic nitrogens is 2. The summed E-state index contributed by atoms with van der Waals surface area (Å²) in [5.41, 5.74) is 1.12. The minimum atomic E-state index is 0.129. The average Bonchev–Trinajstić information content (AvgIpc) is 3.10. The molecule has 140 valence electrons. The van der Waals surface area contributed by atoms with Gasteiger partial charge in [-0.1, -0.05) is 17.3 Å². The van der Waals surface area contributed by atoms with Crippen LogP contribution in [0.25, 0.3) is 0 Å². The molecule has 1 aromatic heterocycles. The molecule has 3 rings (SSSR count). The third-order valence-electron chi connectivity index (χ3n) is 4.57. The summed E-state index contributed by atoms with van der Waals surface area (Å²) in [6, 6.07) is 7.86. The van der Waals surface area contributed by atoms with E-state index in [1.165, 1.54) is 0 Å². The molecule has 1 fully saturated rings. The van der Waals surface area contributed by atoms with Crippen LogP contribution in [0.3, 0.4) is 0 Å². The summed E-state index contributed by atoms with van der Waals surface area (Å²) in [5, 5.41) is 3.75. The van der Waals surface area contributed by atoms with Gasteiger partial charge in [-0.15, -0.1) is 0 Å². The van der Waals surface area contributed by atoms with Crippen LogP contribution in [0, 0.1) is 6.92 Å². The zero-order valence-electron chi connectivity index (χ0n) is 15.3. The zero-order valence-corrected chi connectivity index (χ0v) is 15.3. The molecule has 26 heavy (non-hydrogen) atoms. The van der Waals surface area contributed by atoms with Crippen molar-refractivity contribution >= 4 is 5.91 Å². The number of amides is 1. The highest BCUT2D eigenvalue weighted by atomic mass is 16.5. The highest BCUT2D eigenvalue weighted by molar-refractivity contribution is 5.76. The molecule has 1 aliphatic heterocycles. The number of aryl methyl sites for hydroxylation is 2. The summed E-state index contributed by atoms with van der Waals surface area (Å²) in [6.07, 6.45) is 3.03. The lowest BCUT2D eigenvalue weighted by molar-refractivity contribution is -0.134. The first kappa shape index (κ1) is 18.4. The highest BCUT2D eigenvalue weighted by Gasteiger charge is 2.23. The second-order valence-corrected chi connectivity index (χ2v) is 6.48. The summed E-state index contributed by atoms with van der Waals surface area (Å²) in [6.45, 7) is 3.56. The number of carbonyl (C=O) groups excluding carboxylic acids is 1.